The average Bonchev–Trinajstić information content (AvgIpc) is 2.31. The molecule has 1 aliphatic rings. The average molecular weight is 296 g/mol. The van der Waals surface area contributed by atoms with Gasteiger partial charge in [0.1, 0.15) is 0 Å². The summed E-state index contributed by atoms with van der Waals surface area (Å²) in [5.41, 5.74) is 6.23. The molecule has 5 heteroatoms. The lowest BCUT2D eigenvalue weighted by molar-refractivity contribution is 0.441. The van der Waals surface area contributed by atoms with Gasteiger partial charge in [-0.3, -0.25) is 0 Å². The number of rotatable bonds is 1. The minimum atomic E-state index is 0.535. The van der Waals surface area contributed by atoms with Crippen molar-refractivity contribution in [2.24, 2.45) is 5.73 Å². The van der Waals surface area contributed by atoms with Crippen LogP contribution in [0.25, 0.3) is 0 Å². The Labute approximate surface area is 118 Å². The molecule has 2 nitrogen and oxygen atoms in total. The summed E-state index contributed by atoms with van der Waals surface area (Å²) in [7, 11) is 0. The van der Waals surface area contributed by atoms with Gasteiger partial charge >= 0.3 is 0 Å². The molecule has 2 N–H and O–H groups in total. The second kappa shape index (κ2) is 8.04. The molecule has 0 bridgehead atoms. The standard InChI is InChI=1S/C6H4Cl3N.C6H13N/c7-5-3-1-2-4-6(5)10(8)9;7-6-4-2-1-3-5-6/h1-4H;6H,1-5,7H2. The molecule has 17 heavy (non-hydrogen) atoms. The van der Waals surface area contributed by atoms with Gasteiger partial charge in [0.25, 0.3) is 0 Å². The molecule has 0 aliphatic heterocycles. The van der Waals surface area contributed by atoms with Crippen LogP contribution in [0.5, 0.6) is 0 Å². The fraction of sp³-hybridized carbons (Fsp3) is 0.500. The first kappa shape index (κ1) is 14.9. The normalized spacial score (nSPS) is 16.0. The van der Waals surface area contributed by atoms with Crippen LogP contribution in [0, 0.1) is 0 Å². The van der Waals surface area contributed by atoms with E-state index in [9.17, 15) is 0 Å². The summed E-state index contributed by atoms with van der Waals surface area (Å²) in [5.74, 6) is 0. The van der Waals surface area contributed by atoms with Crippen molar-refractivity contribution >= 4 is 40.8 Å². The van der Waals surface area contributed by atoms with Crippen molar-refractivity contribution in [2.45, 2.75) is 38.1 Å². The third-order valence-corrected chi connectivity index (χ3v) is 3.37. The first-order chi connectivity index (χ1) is 8.11. The monoisotopic (exact) mass is 294 g/mol. The van der Waals surface area contributed by atoms with Crippen LogP contribution < -0.4 is 9.67 Å². The second-order valence-corrected chi connectivity index (χ2v) is 5.34. The van der Waals surface area contributed by atoms with E-state index in [1.54, 1.807) is 18.2 Å². The smallest absolute Gasteiger partial charge is 0.0895 e. The van der Waals surface area contributed by atoms with E-state index in [2.05, 4.69) is 0 Å². The number of hydrogen-bond acceptors (Lipinski definition) is 2. The second-order valence-electron chi connectivity index (χ2n) is 4.08. The molecule has 0 saturated heterocycles. The van der Waals surface area contributed by atoms with E-state index in [-0.39, 0.29) is 0 Å². The molecule has 0 spiro atoms. The molecule has 1 aromatic rings. The van der Waals surface area contributed by atoms with Gasteiger partial charge in [-0.2, -0.15) is 3.94 Å². The fourth-order valence-corrected chi connectivity index (χ4v) is 2.32. The van der Waals surface area contributed by atoms with E-state index in [1.165, 1.54) is 32.1 Å². The fourth-order valence-electron chi connectivity index (χ4n) is 1.72. The predicted octanol–water partition coefficient (Wildman–Crippen LogP) is 4.73. The maximum Gasteiger partial charge on any atom is 0.0895 e. The highest BCUT2D eigenvalue weighted by Gasteiger charge is 2.06. The summed E-state index contributed by atoms with van der Waals surface area (Å²) in [6.45, 7) is 0. The molecule has 0 aromatic heterocycles. The Bertz CT molecular complexity index is 325. The van der Waals surface area contributed by atoms with E-state index in [4.69, 9.17) is 40.9 Å². The molecule has 1 aromatic carbocycles. The van der Waals surface area contributed by atoms with E-state index in [1.807, 2.05) is 6.07 Å². The lowest BCUT2D eigenvalue weighted by atomic mass is 9.97. The Morgan fingerprint density at radius 3 is 2.00 bits per heavy atom. The van der Waals surface area contributed by atoms with E-state index < -0.39 is 0 Å². The summed E-state index contributed by atoms with van der Waals surface area (Å²) in [6, 6.07) is 7.59. The van der Waals surface area contributed by atoms with Crippen LogP contribution in [0.1, 0.15) is 32.1 Å². The van der Waals surface area contributed by atoms with Crippen molar-refractivity contribution in [3.05, 3.63) is 29.3 Å². The first-order valence-corrected chi connectivity index (χ1v) is 6.78. The molecule has 0 amide bonds. The van der Waals surface area contributed by atoms with Gasteiger partial charge in [-0.05, 0) is 25.0 Å². The summed E-state index contributed by atoms with van der Waals surface area (Å²) >= 11 is 16.6. The zero-order valence-electron chi connectivity index (χ0n) is 9.58. The van der Waals surface area contributed by atoms with Gasteiger partial charge in [0.2, 0.25) is 0 Å². The minimum Gasteiger partial charge on any atom is -0.328 e. The van der Waals surface area contributed by atoms with Crippen LogP contribution >= 0.6 is 35.2 Å². The summed E-state index contributed by atoms with van der Waals surface area (Å²) in [6.07, 6.45) is 6.66. The van der Waals surface area contributed by atoms with Crippen molar-refractivity contribution in [1.82, 2.24) is 0 Å². The zero-order valence-corrected chi connectivity index (χ0v) is 11.8. The van der Waals surface area contributed by atoms with E-state index in [0.717, 1.165) is 3.94 Å². The SMILES string of the molecule is Clc1ccccc1N(Cl)Cl.NC1CCCCC1. The highest BCUT2D eigenvalue weighted by atomic mass is 35.5. The van der Waals surface area contributed by atoms with Gasteiger partial charge in [-0.25, -0.2) is 0 Å². The maximum absolute atomic E-state index is 5.71. The highest BCUT2D eigenvalue weighted by Crippen LogP contribution is 2.27. The van der Waals surface area contributed by atoms with Gasteiger partial charge in [0, 0.05) is 29.6 Å². The Morgan fingerprint density at radius 1 is 1.06 bits per heavy atom. The molecule has 0 unspecified atom stereocenters. The lowest BCUT2D eigenvalue weighted by Gasteiger charge is -2.15. The quantitative estimate of drug-likeness (QED) is 0.759. The Kier molecular flexibility index (Phi) is 7.05. The van der Waals surface area contributed by atoms with Crippen molar-refractivity contribution < 1.29 is 0 Å². The predicted molar refractivity (Wildman–Crippen MR) is 76.7 cm³/mol. The van der Waals surface area contributed by atoms with Gasteiger partial charge in [0.15, 0.2) is 0 Å². The van der Waals surface area contributed by atoms with Crippen LogP contribution in [0.15, 0.2) is 24.3 Å². The number of para-hydroxylation sites is 1. The number of halogens is 3. The first-order valence-electron chi connectivity index (χ1n) is 5.73. The van der Waals surface area contributed by atoms with Crippen molar-refractivity contribution in [1.29, 1.82) is 0 Å². The van der Waals surface area contributed by atoms with Crippen LogP contribution in [0.3, 0.4) is 0 Å². The topological polar surface area (TPSA) is 29.3 Å². The number of benzene rings is 1. The van der Waals surface area contributed by atoms with Crippen LogP contribution in [-0.2, 0) is 0 Å². The number of anilines is 1. The van der Waals surface area contributed by atoms with E-state index >= 15 is 0 Å². The van der Waals surface area contributed by atoms with Gasteiger partial charge in [-0.15, -0.1) is 0 Å². The molecule has 0 heterocycles. The summed E-state index contributed by atoms with van der Waals surface area (Å²) in [5, 5.41) is 0.535. The van der Waals surface area contributed by atoms with E-state index in [0.29, 0.717) is 16.8 Å². The molecular weight excluding hydrogens is 279 g/mol. The Morgan fingerprint density at radius 2 is 1.65 bits per heavy atom. The Hall–Kier alpha value is -0.150. The van der Waals surface area contributed by atoms with Crippen LogP contribution in [0.2, 0.25) is 5.02 Å². The number of nitrogens with zero attached hydrogens (tertiary/aromatic N) is 1. The van der Waals surface area contributed by atoms with Crippen molar-refractivity contribution in [3.8, 4) is 0 Å². The van der Waals surface area contributed by atoms with Crippen molar-refractivity contribution in [3.63, 3.8) is 0 Å². The van der Waals surface area contributed by atoms with Crippen molar-refractivity contribution in [2.75, 3.05) is 3.94 Å². The summed E-state index contributed by atoms with van der Waals surface area (Å²) in [4.78, 5) is 0. The van der Waals surface area contributed by atoms with Gasteiger partial charge < -0.3 is 5.73 Å². The van der Waals surface area contributed by atoms with Gasteiger partial charge in [-0.1, -0.05) is 43.0 Å². The maximum atomic E-state index is 5.71. The molecule has 96 valence electrons. The third kappa shape index (κ3) is 5.82. The number of nitrogens with two attached hydrogens (primary N) is 1. The van der Waals surface area contributed by atoms with Gasteiger partial charge in [0.05, 0.1) is 10.7 Å². The minimum absolute atomic E-state index is 0.535. The van der Waals surface area contributed by atoms with Crippen LogP contribution in [-0.4, -0.2) is 6.04 Å². The Balaban J connectivity index is 0.000000181. The molecule has 1 saturated carbocycles. The summed E-state index contributed by atoms with van der Waals surface area (Å²) < 4.78 is 0.933. The third-order valence-electron chi connectivity index (χ3n) is 2.68. The lowest BCUT2D eigenvalue weighted by Crippen LogP contribution is -2.22. The molecular formula is C12H17Cl3N2. The van der Waals surface area contributed by atoms with Crippen LogP contribution in [0.4, 0.5) is 5.69 Å². The molecule has 0 radical (unpaired) electrons. The molecule has 1 aliphatic carbocycles. The molecule has 2 rings (SSSR count). The zero-order chi connectivity index (χ0) is 12.7. The largest absolute Gasteiger partial charge is 0.328 e. The molecule has 0 atom stereocenters. The number of hydrogen-bond donors (Lipinski definition) is 1. The molecule has 1 fully saturated rings. The highest BCUT2D eigenvalue weighted by molar-refractivity contribution is 6.51.